The summed E-state index contributed by atoms with van der Waals surface area (Å²) in [5.41, 5.74) is 0.324. The molecule has 1 heterocycles. The van der Waals surface area contributed by atoms with Gasteiger partial charge in [-0.25, -0.2) is 0 Å². The van der Waals surface area contributed by atoms with Crippen molar-refractivity contribution < 1.29 is 24.7 Å². The molecular weight excluding hydrogens is 303 g/mol. The lowest BCUT2D eigenvalue weighted by molar-refractivity contribution is -0.255. The molecule has 0 aliphatic carbocycles. The van der Waals surface area contributed by atoms with E-state index in [0.29, 0.717) is 5.56 Å². The quantitative estimate of drug-likeness (QED) is 0.721. The smallest absolute Gasteiger partial charge is 0.459 e. The molecule has 7 heteroatoms. The van der Waals surface area contributed by atoms with Crippen molar-refractivity contribution in [3.63, 3.8) is 0 Å². The standard InChI is InChI=1S/C15H15BO5S/c17-12(8-13-5-2-6-22-13)9-14(16(20)21)10-3-1-4-11(7-10)15(18)19/h1-7,14,20-21H,8-9H2,(H,18,19)/p-1/t14-/m0/s1. The summed E-state index contributed by atoms with van der Waals surface area (Å²) in [6.45, 7) is 0. The molecule has 114 valence electrons. The molecule has 22 heavy (non-hydrogen) atoms. The largest absolute Gasteiger partial charge is 0.545 e. The Morgan fingerprint density at radius 1 is 1.23 bits per heavy atom. The van der Waals surface area contributed by atoms with E-state index in [1.165, 1.54) is 29.5 Å². The van der Waals surface area contributed by atoms with Crippen molar-refractivity contribution in [1.29, 1.82) is 0 Å². The van der Waals surface area contributed by atoms with E-state index in [-0.39, 0.29) is 24.2 Å². The minimum atomic E-state index is -1.75. The van der Waals surface area contributed by atoms with Crippen LogP contribution in [0.1, 0.15) is 33.0 Å². The number of carboxylic acid groups (broad SMARTS) is 1. The van der Waals surface area contributed by atoms with E-state index in [4.69, 9.17) is 0 Å². The molecular formula is C15H14BO5S-. The predicted octanol–water partition coefficient (Wildman–Crippen LogP) is 0.409. The van der Waals surface area contributed by atoms with Gasteiger partial charge in [0.1, 0.15) is 5.78 Å². The molecule has 0 unspecified atom stereocenters. The van der Waals surface area contributed by atoms with Crippen LogP contribution in [0.25, 0.3) is 0 Å². The lowest BCUT2D eigenvalue weighted by Crippen LogP contribution is -2.27. The number of thiophene rings is 1. The summed E-state index contributed by atoms with van der Waals surface area (Å²) < 4.78 is 0. The van der Waals surface area contributed by atoms with Gasteiger partial charge in [0, 0.05) is 23.5 Å². The molecule has 0 saturated carbocycles. The second kappa shape index (κ2) is 7.35. The Morgan fingerprint density at radius 3 is 2.59 bits per heavy atom. The molecule has 0 saturated heterocycles. The van der Waals surface area contributed by atoms with Crippen LogP contribution in [0.15, 0.2) is 41.8 Å². The third-order valence-electron chi connectivity index (χ3n) is 3.31. The molecule has 2 rings (SSSR count). The van der Waals surface area contributed by atoms with Gasteiger partial charge in [0.2, 0.25) is 0 Å². The Morgan fingerprint density at radius 2 is 2.00 bits per heavy atom. The van der Waals surface area contributed by atoms with Crippen molar-refractivity contribution in [1.82, 2.24) is 0 Å². The van der Waals surface area contributed by atoms with E-state index < -0.39 is 18.9 Å². The van der Waals surface area contributed by atoms with Gasteiger partial charge in [0.05, 0.1) is 5.97 Å². The highest BCUT2D eigenvalue weighted by molar-refractivity contribution is 7.10. The zero-order chi connectivity index (χ0) is 16.1. The van der Waals surface area contributed by atoms with Crippen LogP contribution in [0, 0.1) is 0 Å². The van der Waals surface area contributed by atoms with Crippen LogP contribution in [-0.4, -0.2) is 28.9 Å². The molecule has 0 fully saturated rings. The van der Waals surface area contributed by atoms with E-state index in [1.807, 2.05) is 17.5 Å². The number of carbonyl (C=O) groups excluding carboxylic acids is 2. The maximum Gasteiger partial charge on any atom is 0.459 e. The van der Waals surface area contributed by atoms with E-state index in [1.54, 1.807) is 6.07 Å². The number of carbonyl (C=O) groups is 2. The number of aromatic carboxylic acids is 1. The Balaban J connectivity index is 2.14. The maximum atomic E-state index is 12.1. The van der Waals surface area contributed by atoms with Crippen molar-refractivity contribution >= 4 is 30.2 Å². The van der Waals surface area contributed by atoms with Gasteiger partial charge >= 0.3 is 7.12 Å². The highest BCUT2D eigenvalue weighted by Gasteiger charge is 2.28. The summed E-state index contributed by atoms with van der Waals surface area (Å²) >= 11 is 1.46. The van der Waals surface area contributed by atoms with E-state index in [2.05, 4.69) is 0 Å². The predicted molar refractivity (Wildman–Crippen MR) is 81.4 cm³/mol. The van der Waals surface area contributed by atoms with Crippen molar-refractivity contribution in [2.24, 2.45) is 0 Å². The van der Waals surface area contributed by atoms with Gasteiger partial charge in [0.25, 0.3) is 0 Å². The number of rotatable bonds is 7. The summed E-state index contributed by atoms with van der Waals surface area (Å²) in [6.07, 6.45) is 0.146. The lowest BCUT2D eigenvalue weighted by Gasteiger charge is -2.16. The first-order valence-corrected chi connectivity index (χ1v) is 7.57. The number of hydrogen-bond acceptors (Lipinski definition) is 6. The lowest BCUT2D eigenvalue weighted by atomic mass is 9.66. The Labute approximate surface area is 132 Å². The Kier molecular flexibility index (Phi) is 5.49. The van der Waals surface area contributed by atoms with Crippen molar-refractivity contribution in [3.8, 4) is 0 Å². The highest BCUT2D eigenvalue weighted by atomic mass is 32.1. The fourth-order valence-electron chi connectivity index (χ4n) is 2.22. The summed E-state index contributed by atoms with van der Waals surface area (Å²) in [5.74, 6) is -2.36. The first-order chi connectivity index (χ1) is 10.5. The van der Waals surface area contributed by atoms with Gasteiger partial charge < -0.3 is 19.9 Å². The molecule has 1 aromatic heterocycles. The number of carboxylic acids is 1. The molecule has 0 spiro atoms. The number of ketones is 1. The topological polar surface area (TPSA) is 97.7 Å². The van der Waals surface area contributed by atoms with Gasteiger partial charge in [0.15, 0.2) is 0 Å². The maximum absolute atomic E-state index is 12.1. The molecule has 0 aliphatic rings. The molecule has 0 aliphatic heterocycles. The molecule has 0 bridgehead atoms. The number of Topliss-reactive ketones (excluding diaryl/α,β-unsaturated/α-hetero) is 1. The first-order valence-electron chi connectivity index (χ1n) is 6.69. The van der Waals surface area contributed by atoms with Crippen LogP contribution in [-0.2, 0) is 11.2 Å². The minimum Gasteiger partial charge on any atom is -0.545 e. The van der Waals surface area contributed by atoms with Gasteiger partial charge in [-0.2, -0.15) is 0 Å². The van der Waals surface area contributed by atoms with Crippen molar-refractivity contribution in [2.45, 2.75) is 18.7 Å². The van der Waals surface area contributed by atoms with Crippen LogP contribution < -0.4 is 5.11 Å². The van der Waals surface area contributed by atoms with Gasteiger partial charge in [-0.05, 0) is 22.6 Å². The fraction of sp³-hybridized carbons (Fsp3) is 0.200. The molecule has 5 nitrogen and oxygen atoms in total. The normalized spacial score (nSPS) is 11.9. The number of benzene rings is 1. The average molecular weight is 317 g/mol. The van der Waals surface area contributed by atoms with Gasteiger partial charge in [-0.3, -0.25) is 4.79 Å². The number of hydrogen-bond donors (Lipinski definition) is 2. The van der Waals surface area contributed by atoms with Crippen LogP contribution in [0.2, 0.25) is 0 Å². The van der Waals surface area contributed by atoms with Crippen molar-refractivity contribution in [3.05, 3.63) is 57.8 Å². The van der Waals surface area contributed by atoms with E-state index in [0.717, 1.165) is 4.88 Å². The zero-order valence-electron chi connectivity index (χ0n) is 11.6. The zero-order valence-corrected chi connectivity index (χ0v) is 12.5. The second-order valence-electron chi connectivity index (χ2n) is 4.93. The highest BCUT2D eigenvalue weighted by Crippen LogP contribution is 2.23. The van der Waals surface area contributed by atoms with Crippen LogP contribution in [0.5, 0.6) is 0 Å². The molecule has 0 amide bonds. The van der Waals surface area contributed by atoms with Crippen LogP contribution >= 0.6 is 11.3 Å². The summed E-state index contributed by atoms with van der Waals surface area (Å²) in [4.78, 5) is 23.9. The molecule has 2 N–H and O–H groups in total. The molecule has 1 atom stereocenters. The molecule has 2 aromatic rings. The molecule has 0 radical (unpaired) electrons. The summed E-state index contributed by atoms with van der Waals surface area (Å²) in [5, 5.41) is 31.8. The third-order valence-corrected chi connectivity index (χ3v) is 4.19. The Bertz CT molecular complexity index is 654. The van der Waals surface area contributed by atoms with Crippen molar-refractivity contribution in [2.75, 3.05) is 0 Å². The summed E-state index contributed by atoms with van der Waals surface area (Å²) in [7, 11) is -1.75. The second-order valence-corrected chi connectivity index (χ2v) is 5.96. The molecule has 1 aromatic carbocycles. The third kappa shape index (κ3) is 4.27. The van der Waals surface area contributed by atoms with Gasteiger partial charge in [-0.15, -0.1) is 11.3 Å². The first kappa shape index (κ1) is 16.4. The van der Waals surface area contributed by atoms with E-state index in [9.17, 15) is 24.7 Å². The fourth-order valence-corrected chi connectivity index (χ4v) is 2.95. The minimum absolute atomic E-state index is 0.0612. The van der Waals surface area contributed by atoms with E-state index >= 15 is 0 Å². The van der Waals surface area contributed by atoms with Gasteiger partial charge in [-0.1, -0.05) is 30.3 Å². The SMILES string of the molecule is O=C(Cc1cccs1)C[C@H](B(O)O)c1cccc(C(=O)[O-])c1. The average Bonchev–Trinajstić information content (AvgIpc) is 2.97. The van der Waals surface area contributed by atoms with Crippen LogP contribution in [0.3, 0.4) is 0 Å². The Hall–Kier alpha value is -1.96. The monoisotopic (exact) mass is 317 g/mol. The summed E-state index contributed by atoms with van der Waals surface area (Å²) in [6, 6.07) is 9.39. The van der Waals surface area contributed by atoms with Crippen LogP contribution in [0.4, 0.5) is 0 Å².